The number of carbonyl (C=O) groups excluding carboxylic acids is 6. The third kappa shape index (κ3) is 43.4. The van der Waals surface area contributed by atoms with Crippen molar-refractivity contribution in [3.63, 3.8) is 0 Å². The lowest BCUT2D eigenvalue weighted by Crippen LogP contribution is -2.42. The lowest BCUT2D eigenvalue weighted by molar-refractivity contribution is -0.142. The molecule has 0 aromatic rings. The van der Waals surface area contributed by atoms with Gasteiger partial charge in [0.15, 0.2) is 5.78 Å². The fourth-order valence-corrected chi connectivity index (χ4v) is 7.13. The summed E-state index contributed by atoms with van der Waals surface area (Å²) < 4.78 is 21.5. The first-order valence-electron chi connectivity index (χ1n) is 25.3. The second kappa shape index (κ2) is 45.6. The minimum absolute atomic E-state index is 0.0285. The Morgan fingerprint density at radius 3 is 1.53 bits per heavy atom. The van der Waals surface area contributed by atoms with E-state index in [4.69, 9.17) is 29.8 Å². The first-order chi connectivity index (χ1) is 32.7. The van der Waals surface area contributed by atoms with Gasteiger partial charge in [-0.15, -0.1) is 0 Å². The van der Waals surface area contributed by atoms with Gasteiger partial charge in [-0.3, -0.25) is 33.6 Å². The van der Waals surface area contributed by atoms with Crippen LogP contribution in [0.3, 0.4) is 0 Å². The lowest BCUT2D eigenvalue weighted by atomic mass is 10.0. The number of ether oxygens (including phenoxy) is 4. The molecule has 0 aliphatic rings. The number of unbranched alkanes of at least 4 members (excludes halogenated alkanes) is 14. The SMILES string of the molecule is CC(C)CC(=O)CN[C@@H](CCCCNC(=O)COCCOCCNC(=O)COCCOCCCC(=O)CC[C@H](NC(=O)CCCCCCCCCCCCCCCCC(=O)O)C(=O)O)C(=O)CN. The quantitative estimate of drug-likeness (QED) is 0.0411. The normalized spacial score (nSPS) is 12.1. The van der Waals surface area contributed by atoms with Crippen LogP contribution in [0.1, 0.15) is 168 Å². The lowest BCUT2D eigenvalue weighted by Gasteiger charge is -2.17. The highest BCUT2D eigenvalue weighted by Gasteiger charge is 2.21. The summed E-state index contributed by atoms with van der Waals surface area (Å²) in [6, 6.07) is -1.59. The second-order valence-electron chi connectivity index (χ2n) is 17.7. The maximum absolute atomic E-state index is 12.4. The standard InChI is InChI=1S/C49H89N5O14/c1-39(2)34-41(56)36-53-42(44(57)35-50)21-17-18-26-51-46(59)37-68-33-31-66-29-27-52-47(60)38-67-32-30-65-28-19-20-40(55)24-25-43(49(63)64)54-45(58)22-15-13-11-9-7-5-3-4-6-8-10-12-14-16-23-48(61)62/h39,42-43,53H,3-38,50H2,1-2H3,(H,51,59)(H,52,60)(H,54,58)(H,61,62)(H,63,64)/t42-,43-/m0/s1. The summed E-state index contributed by atoms with van der Waals surface area (Å²) >= 11 is 0. The van der Waals surface area contributed by atoms with E-state index >= 15 is 0 Å². The van der Waals surface area contributed by atoms with Crippen molar-refractivity contribution in [2.75, 3.05) is 79.0 Å². The fraction of sp³-hybridized carbons (Fsp3) is 0.837. The van der Waals surface area contributed by atoms with Crippen molar-refractivity contribution >= 4 is 47.0 Å². The molecule has 0 spiro atoms. The van der Waals surface area contributed by atoms with E-state index in [0.29, 0.717) is 51.7 Å². The highest BCUT2D eigenvalue weighted by Crippen LogP contribution is 2.14. The topological polar surface area (TPSA) is 288 Å². The van der Waals surface area contributed by atoms with Gasteiger partial charge in [0, 0.05) is 51.8 Å². The molecular weight excluding hydrogens is 883 g/mol. The van der Waals surface area contributed by atoms with Gasteiger partial charge in [0.25, 0.3) is 0 Å². The van der Waals surface area contributed by atoms with Crippen molar-refractivity contribution in [1.82, 2.24) is 21.3 Å². The zero-order valence-electron chi connectivity index (χ0n) is 41.6. The largest absolute Gasteiger partial charge is 0.481 e. The van der Waals surface area contributed by atoms with Crippen molar-refractivity contribution in [2.24, 2.45) is 11.7 Å². The minimum atomic E-state index is -1.16. The van der Waals surface area contributed by atoms with Gasteiger partial charge in [-0.2, -0.15) is 0 Å². The number of nitrogens with two attached hydrogens (primary N) is 1. The highest BCUT2D eigenvalue weighted by molar-refractivity contribution is 5.87. The number of aliphatic carboxylic acids is 2. The van der Waals surface area contributed by atoms with Crippen molar-refractivity contribution in [3.05, 3.63) is 0 Å². The number of Topliss-reactive ketones (excluding diaryl/α,β-unsaturated/α-hetero) is 3. The van der Waals surface area contributed by atoms with Crippen LogP contribution in [-0.4, -0.2) is 148 Å². The second-order valence-corrected chi connectivity index (χ2v) is 17.7. The zero-order chi connectivity index (χ0) is 50.5. The molecule has 2 atom stereocenters. The fourth-order valence-electron chi connectivity index (χ4n) is 7.13. The van der Waals surface area contributed by atoms with Gasteiger partial charge in [0.05, 0.1) is 52.2 Å². The number of nitrogens with one attached hydrogen (secondary N) is 4. The molecule has 0 heterocycles. The van der Waals surface area contributed by atoms with Gasteiger partial charge in [-0.1, -0.05) is 90.9 Å². The van der Waals surface area contributed by atoms with E-state index in [0.717, 1.165) is 38.5 Å². The Bertz CT molecular complexity index is 1380. The molecule has 0 rings (SSSR count). The van der Waals surface area contributed by atoms with Crippen LogP contribution < -0.4 is 27.0 Å². The van der Waals surface area contributed by atoms with E-state index in [9.17, 15) is 43.5 Å². The van der Waals surface area contributed by atoms with Crippen LogP contribution >= 0.6 is 0 Å². The number of hydrogen-bond donors (Lipinski definition) is 7. The Hall–Kier alpha value is -3.88. The van der Waals surface area contributed by atoms with Gasteiger partial charge in [-0.05, 0) is 50.9 Å². The molecule has 19 heteroatoms. The molecule has 0 unspecified atom stereocenters. The van der Waals surface area contributed by atoms with Gasteiger partial charge in [0.1, 0.15) is 30.8 Å². The number of amides is 3. The highest BCUT2D eigenvalue weighted by atomic mass is 16.5. The number of ketones is 3. The minimum Gasteiger partial charge on any atom is -0.481 e. The van der Waals surface area contributed by atoms with E-state index in [1.807, 2.05) is 13.8 Å². The van der Waals surface area contributed by atoms with Gasteiger partial charge >= 0.3 is 11.9 Å². The molecule has 0 radical (unpaired) electrons. The average molecular weight is 972 g/mol. The summed E-state index contributed by atoms with van der Waals surface area (Å²) in [7, 11) is 0. The van der Waals surface area contributed by atoms with E-state index in [-0.39, 0.29) is 139 Å². The van der Waals surface area contributed by atoms with Gasteiger partial charge < -0.3 is 56.2 Å². The van der Waals surface area contributed by atoms with Crippen LogP contribution in [0.2, 0.25) is 0 Å². The first kappa shape index (κ1) is 64.1. The van der Waals surface area contributed by atoms with Crippen LogP contribution in [0.4, 0.5) is 0 Å². The Kier molecular flexibility index (Phi) is 43.0. The molecule has 0 saturated carbocycles. The molecule has 0 aliphatic carbocycles. The van der Waals surface area contributed by atoms with Crippen LogP contribution in [0.15, 0.2) is 0 Å². The number of rotatable bonds is 51. The predicted octanol–water partition coefficient (Wildman–Crippen LogP) is 4.58. The van der Waals surface area contributed by atoms with E-state index < -0.39 is 24.0 Å². The van der Waals surface area contributed by atoms with Crippen LogP contribution in [0.5, 0.6) is 0 Å². The Balaban J connectivity index is 3.73. The molecule has 8 N–H and O–H groups in total. The van der Waals surface area contributed by atoms with Crippen molar-refractivity contribution in [2.45, 2.75) is 180 Å². The molecule has 0 aliphatic heterocycles. The molecule has 0 aromatic carbocycles. The Morgan fingerprint density at radius 2 is 1.00 bits per heavy atom. The molecule has 0 fully saturated rings. The molecule has 0 saturated heterocycles. The molecule has 394 valence electrons. The molecule has 0 bridgehead atoms. The van der Waals surface area contributed by atoms with Crippen molar-refractivity contribution < 1.29 is 67.5 Å². The number of carboxylic acids is 2. The van der Waals surface area contributed by atoms with Crippen molar-refractivity contribution in [1.29, 1.82) is 0 Å². The zero-order valence-corrected chi connectivity index (χ0v) is 41.6. The number of carbonyl (C=O) groups is 8. The molecule has 19 nitrogen and oxygen atoms in total. The smallest absolute Gasteiger partial charge is 0.326 e. The average Bonchev–Trinajstić information content (AvgIpc) is 3.29. The summed E-state index contributed by atoms with van der Waals surface area (Å²) in [5.41, 5.74) is 5.52. The van der Waals surface area contributed by atoms with E-state index in [1.54, 1.807) is 0 Å². The predicted molar refractivity (Wildman–Crippen MR) is 258 cm³/mol. The van der Waals surface area contributed by atoms with Gasteiger partial charge in [0.2, 0.25) is 17.7 Å². The van der Waals surface area contributed by atoms with Crippen LogP contribution in [0.25, 0.3) is 0 Å². The first-order valence-corrected chi connectivity index (χ1v) is 25.3. The van der Waals surface area contributed by atoms with Gasteiger partial charge in [-0.25, -0.2) is 4.79 Å². The third-order valence-corrected chi connectivity index (χ3v) is 10.9. The summed E-state index contributed by atoms with van der Waals surface area (Å²) in [5.74, 6) is -2.74. The van der Waals surface area contributed by atoms with E-state index in [1.165, 1.54) is 44.9 Å². The monoisotopic (exact) mass is 972 g/mol. The summed E-state index contributed by atoms with van der Waals surface area (Å²) in [6.45, 7) is 5.75. The molecule has 0 aromatic heterocycles. The number of carboxylic acid groups (broad SMARTS) is 2. The third-order valence-electron chi connectivity index (χ3n) is 10.9. The van der Waals surface area contributed by atoms with Crippen LogP contribution in [0, 0.1) is 5.92 Å². The molecular formula is C49H89N5O14. The summed E-state index contributed by atoms with van der Waals surface area (Å²) in [5, 5.41) is 29.2. The maximum atomic E-state index is 12.4. The number of hydrogen-bond acceptors (Lipinski definition) is 14. The molecule has 3 amide bonds. The summed E-state index contributed by atoms with van der Waals surface area (Å²) in [6.07, 6.45) is 18.6. The van der Waals surface area contributed by atoms with Crippen molar-refractivity contribution in [3.8, 4) is 0 Å². The molecule has 68 heavy (non-hydrogen) atoms. The Labute approximate surface area is 405 Å². The van der Waals surface area contributed by atoms with Crippen LogP contribution in [-0.2, 0) is 57.3 Å². The summed E-state index contributed by atoms with van der Waals surface area (Å²) in [4.78, 5) is 95.0. The Morgan fingerprint density at radius 1 is 0.485 bits per heavy atom. The maximum Gasteiger partial charge on any atom is 0.326 e. The van der Waals surface area contributed by atoms with E-state index in [2.05, 4.69) is 21.3 Å².